The second-order valence-electron chi connectivity index (χ2n) is 6.05. The molecule has 3 rings (SSSR count). The lowest BCUT2D eigenvalue weighted by Gasteiger charge is -2.27. The first kappa shape index (κ1) is 20.7. The van der Waals surface area contributed by atoms with Gasteiger partial charge >= 0.3 is 6.18 Å². The van der Waals surface area contributed by atoms with Crippen LogP contribution in [-0.2, 0) is 10.9 Å². The van der Waals surface area contributed by atoms with Gasteiger partial charge in [-0.15, -0.1) is 0 Å². The van der Waals surface area contributed by atoms with E-state index in [1.165, 1.54) is 11.9 Å². The molecule has 1 amide bonds. The number of halogens is 5. The summed E-state index contributed by atoms with van der Waals surface area (Å²) in [6.45, 7) is 1.11. The summed E-state index contributed by atoms with van der Waals surface area (Å²) in [4.78, 5) is 20.8. The highest BCUT2D eigenvalue weighted by Crippen LogP contribution is 2.34. The van der Waals surface area contributed by atoms with Gasteiger partial charge in [-0.3, -0.25) is 4.79 Å². The molecule has 0 unspecified atom stereocenters. The zero-order valence-electron chi connectivity index (χ0n) is 15.1. The fourth-order valence-corrected chi connectivity index (χ4v) is 2.70. The topological polar surface area (TPSA) is 79.4 Å². The summed E-state index contributed by atoms with van der Waals surface area (Å²) in [5, 5.41) is 4.60. The molecule has 0 atom stereocenters. The molecular formula is C17H16F5N5O2. The molecule has 0 saturated carbocycles. The number of anilines is 3. The summed E-state index contributed by atoms with van der Waals surface area (Å²) in [6.07, 6.45) is -4.17. The largest absolute Gasteiger partial charge is 0.421 e. The maximum Gasteiger partial charge on any atom is 0.421 e. The predicted molar refractivity (Wildman–Crippen MR) is 92.9 cm³/mol. The quantitative estimate of drug-likeness (QED) is 0.745. The summed E-state index contributed by atoms with van der Waals surface area (Å²) in [5.41, 5.74) is -1.99. The molecule has 2 aromatic rings. The Morgan fingerprint density at radius 2 is 1.86 bits per heavy atom. The van der Waals surface area contributed by atoms with Gasteiger partial charge in [-0.25, -0.2) is 13.8 Å². The van der Waals surface area contributed by atoms with E-state index < -0.39 is 46.4 Å². The number of ether oxygens (including phenoxy) is 1. The van der Waals surface area contributed by atoms with Crippen LogP contribution in [0.3, 0.4) is 0 Å². The fourth-order valence-electron chi connectivity index (χ4n) is 2.70. The van der Waals surface area contributed by atoms with Crippen LogP contribution in [0.1, 0.15) is 15.9 Å². The van der Waals surface area contributed by atoms with Crippen LogP contribution in [0.25, 0.3) is 0 Å². The lowest BCUT2D eigenvalue weighted by Crippen LogP contribution is -2.41. The van der Waals surface area contributed by atoms with Crippen molar-refractivity contribution in [3.8, 4) is 0 Å². The molecule has 1 aromatic carbocycles. The molecule has 1 saturated heterocycles. The highest BCUT2D eigenvalue weighted by molar-refractivity contribution is 5.95. The highest BCUT2D eigenvalue weighted by Gasteiger charge is 2.35. The average molecular weight is 417 g/mol. The van der Waals surface area contributed by atoms with Gasteiger partial charge in [0.05, 0.1) is 24.5 Å². The predicted octanol–water partition coefficient (Wildman–Crippen LogP) is 3.03. The lowest BCUT2D eigenvalue weighted by atomic mass is 10.1. The molecule has 1 fully saturated rings. The Morgan fingerprint density at radius 3 is 2.48 bits per heavy atom. The highest BCUT2D eigenvalue weighted by atomic mass is 19.4. The van der Waals surface area contributed by atoms with Crippen molar-refractivity contribution in [2.75, 3.05) is 44.0 Å². The Bertz CT molecular complexity index is 916. The van der Waals surface area contributed by atoms with Crippen molar-refractivity contribution >= 4 is 23.4 Å². The van der Waals surface area contributed by atoms with Crippen molar-refractivity contribution < 1.29 is 31.5 Å². The van der Waals surface area contributed by atoms with Crippen molar-refractivity contribution in [2.45, 2.75) is 6.18 Å². The van der Waals surface area contributed by atoms with E-state index in [2.05, 4.69) is 20.6 Å². The maximum atomic E-state index is 14.4. The first-order valence-corrected chi connectivity index (χ1v) is 8.45. The van der Waals surface area contributed by atoms with E-state index in [0.29, 0.717) is 19.4 Å². The zero-order chi connectivity index (χ0) is 21.2. The summed E-state index contributed by atoms with van der Waals surface area (Å²) >= 11 is 0. The number of benzene rings is 1. The molecular weight excluding hydrogens is 401 g/mol. The van der Waals surface area contributed by atoms with E-state index in [-0.39, 0.29) is 19.0 Å². The molecule has 1 aliphatic rings. The molecule has 156 valence electrons. The van der Waals surface area contributed by atoms with Gasteiger partial charge in [0, 0.05) is 32.4 Å². The van der Waals surface area contributed by atoms with Gasteiger partial charge in [0.2, 0.25) is 5.95 Å². The number of nitrogens with one attached hydrogen (secondary N) is 2. The van der Waals surface area contributed by atoms with Crippen molar-refractivity contribution in [3.63, 3.8) is 0 Å². The van der Waals surface area contributed by atoms with Gasteiger partial charge in [0.15, 0.2) is 0 Å². The monoisotopic (exact) mass is 417 g/mol. The lowest BCUT2D eigenvalue weighted by molar-refractivity contribution is -0.137. The standard InChI is InChI=1S/C17H16F5N5O2/c1-23-14-10(17(20,21)22)8-24-16(26-14)25-13-7-11(18)9(6-12(13)19)15(28)27-2-4-29-5-3-27/h6-8H,2-5H2,1H3,(H2,23,24,25,26). The third-order valence-electron chi connectivity index (χ3n) is 4.16. The van der Waals surface area contributed by atoms with E-state index >= 15 is 0 Å². The van der Waals surface area contributed by atoms with Gasteiger partial charge < -0.3 is 20.3 Å². The molecule has 29 heavy (non-hydrogen) atoms. The van der Waals surface area contributed by atoms with Crippen LogP contribution in [0, 0.1) is 11.6 Å². The molecule has 7 nitrogen and oxygen atoms in total. The zero-order valence-corrected chi connectivity index (χ0v) is 15.1. The second kappa shape index (κ2) is 8.15. The molecule has 2 heterocycles. The van der Waals surface area contributed by atoms with E-state index in [4.69, 9.17) is 4.74 Å². The number of carbonyl (C=O) groups is 1. The summed E-state index contributed by atoms with van der Waals surface area (Å²) < 4.78 is 72.6. The SMILES string of the molecule is CNc1nc(Nc2cc(F)c(C(=O)N3CCOCC3)cc2F)ncc1C(F)(F)F. The molecule has 0 aliphatic carbocycles. The van der Waals surface area contributed by atoms with Crippen LogP contribution < -0.4 is 10.6 Å². The molecule has 1 aromatic heterocycles. The number of hydrogen-bond acceptors (Lipinski definition) is 6. The smallest absolute Gasteiger partial charge is 0.378 e. The van der Waals surface area contributed by atoms with Gasteiger partial charge in [-0.2, -0.15) is 18.2 Å². The number of amides is 1. The number of nitrogens with zero attached hydrogens (tertiary/aromatic N) is 3. The van der Waals surface area contributed by atoms with E-state index in [9.17, 15) is 26.7 Å². The maximum absolute atomic E-state index is 14.4. The van der Waals surface area contributed by atoms with Crippen LogP contribution in [0.5, 0.6) is 0 Å². The van der Waals surface area contributed by atoms with Crippen molar-refractivity contribution in [1.82, 2.24) is 14.9 Å². The Balaban J connectivity index is 1.85. The fraction of sp³-hybridized carbons (Fsp3) is 0.353. The number of aromatic nitrogens is 2. The van der Waals surface area contributed by atoms with Crippen LogP contribution in [-0.4, -0.2) is 54.1 Å². The van der Waals surface area contributed by atoms with Crippen LogP contribution >= 0.6 is 0 Å². The summed E-state index contributed by atoms with van der Waals surface area (Å²) in [7, 11) is 1.23. The minimum Gasteiger partial charge on any atom is -0.378 e. The first-order valence-electron chi connectivity index (χ1n) is 8.45. The van der Waals surface area contributed by atoms with Crippen LogP contribution in [0.2, 0.25) is 0 Å². The minimum absolute atomic E-state index is 0.256. The Kier molecular flexibility index (Phi) is 5.82. The summed E-state index contributed by atoms with van der Waals surface area (Å²) in [5.74, 6) is -3.58. The minimum atomic E-state index is -4.68. The molecule has 2 N–H and O–H groups in total. The van der Waals surface area contributed by atoms with Crippen LogP contribution in [0.4, 0.5) is 39.4 Å². The van der Waals surface area contributed by atoms with Crippen molar-refractivity contribution in [2.24, 2.45) is 0 Å². The second-order valence-corrected chi connectivity index (χ2v) is 6.05. The average Bonchev–Trinajstić information content (AvgIpc) is 2.69. The normalized spacial score (nSPS) is 14.6. The summed E-state index contributed by atoms with van der Waals surface area (Å²) in [6, 6.07) is 1.45. The molecule has 12 heteroatoms. The number of rotatable bonds is 4. The van der Waals surface area contributed by atoms with Gasteiger partial charge in [0.1, 0.15) is 23.0 Å². The van der Waals surface area contributed by atoms with Crippen LogP contribution in [0.15, 0.2) is 18.3 Å². The third-order valence-corrected chi connectivity index (χ3v) is 4.16. The third kappa shape index (κ3) is 4.53. The van der Waals surface area contributed by atoms with Crippen molar-refractivity contribution in [1.29, 1.82) is 0 Å². The molecule has 0 radical (unpaired) electrons. The van der Waals surface area contributed by atoms with E-state index in [1.54, 1.807) is 0 Å². The Hall–Kier alpha value is -3.02. The van der Waals surface area contributed by atoms with Gasteiger partial charge in [-0.05, 0) is 6.07 Å². The van der Waals surface area contributed by atoms with E-state index in [1.807, 2.05) is 0 Å². The van der Waals surface area contributed by atoms with E-state index in [0.717, 1.165) is 12.1 Å². The number of carbonyl (C=O) groups excluding carboxylic acids is 1. The number of morpholine rings is 1. The number of alkyl halides is 3. The molecule has 1 aliphatic heterocycles. The first-order chi connectivity index (χ1) is 13.7. The molecule has 0 bridgehead atoms. The van der Waals surface area contributed by atoms with Gasteiger partial charge in [-0.1, -0.05) is 0 Å². The molecule has 0 spiro atoms. The Morgan fingerprint density at radius 1 is 1.17 bits per heavy atom. The van der Waals surface area contributed by atoms with Gasteiger partial charge in [0.25, 0.3) is 5.91 Å². The Labute approximate surface area is 161 Å². The van der Waals surface area contributed by atoms with Crippen molar-refractivity contribution in [3.05, 3.63) is 41.1 Å². The number of hydrogen-bond donors (Lipinski definition) is 2.